The molecule has 0 aromatic heterocycles. The van der Waals surface area contributed by atoms with Crippen molar-refractivity contribution in [1.82, 2.24) is 10.2 Å². The maximum atomic E-state index is 5.51. The van der Waals surface area contributed by atoms with Crippen molar-refractivity contribution in [3.8, 4) is 0 Å². The Hall–Kier alpha value is -0.160. The normalized spacial score (nSPS) is 13.3. The molecule has 1 N–H and O–H groups in total. The van der Waals surface area contributed by atoms with Crippen LogP contribution in [0.5, 0.6) is 0 Å². The van der Waals surface area contributed by atoms with Crippen LogP contribution in [0.4, 0.5) is 0 Å². The summed E-state index contributed by atoms with van der Waals surface area (Å²) in [5.74, 6) is 0.684. The van der Waals surface area contributed by atoms with Crippen LogP contribution in [-0.2, 0) is 9.47 Å². The molecule has 0 saturated heterocycles. The Labute approximate surface area is 100 Å². The number of ether oxygens (including phenoxy) is 2. The van der Waals surface area contributed by atoms with Gasteiger partial charge in [-0.2, -0.15) is 0 Å². The summed E-state index contributed by atoms with van der Waals surface area (Å²) in [6, 6.07) is 0. The average molecular weight is 232 g/mol. The van der Waals surface area contributed by atoms with Gasteiger partial charge in [0.1, 0.15) is 0 Å². The summed E-state index contributed by atoms with van der Waals surface area (Å²) in [5.41, 5.74) is 0. The van der Waals surface area contributed by atoms with Gasteiger partial charge in [0.2, 0.25) is 0 Å². The van der Waals surface area contributed by atoms with E-state index in [2.05, 4.69) is 24.2 Å². The van der Waals surface area contributed by atoms with Crippen LogP contribution in [0.25, 0.3) is 0 Å². The van der Waals surface area contributed by atoms with Gasteiger partial charge in [-0.1, -0.05) is 6.92 Å². The molecule has 4 nitrogen and oxygen atoms in total. The first kappa shape index (κ1) is 15.8. The molecule has 0 heterocycles. The van der Waals surface area contributed by atoms with Gasteiger partial charge in [-0.15, -0.1) is 0 Å². The Morgan fingerprint density at radius 2 is 2.00 bits per heavy atom. The molecule has 98 valence electrons. The van der Waals surface area contributed by atoms with E-state index in [0.29, 0.717) is 5.92 Å². The second-order valence-electron chi connectivity index (χ2n) is 4.38. The topological polar surface area (TPSA) is 33.7 Å². The Kier molecular flexibility index (Phi) is 11.2. The summed E-state index contributed by atoms with van der Waals surface area (Å²) < 4.78 is 10.5. The zero-order valence-corrected chi connectivity index (χ0v) is 11.3. The van der Waals surface area contributed by atoms with Gasteiger partial charge in [0.25, 0.3) is 0 Å². The van der Waals surface area contributed by atoms with E-state index in [1.54, 1.807) is 7.11 Å². The van der Waals surface area contributed by atoms with Crippen molar-refractivity contribution in [2.24, 2.45) is 5.92 Å². The van der Waals surface area contributed by atoms with Crippen molar-refractivity contribution in [2.45, 2.75) is 13.3 Å². The molecule has 1 unspecified atom stereocenters. The lowest BCUT2D eigenvalue weighted by atomic mass is 10.2. The van der Waals surface area contributed by atoms with Crippen LogP contribution < -0.4 is 5.32 Å². The van der Waals surface area contributed by atoms with E-state index in [1.165, 1.54) is 0 Å². The molecule has 0 aliphatic carbocycles. The summed E-state index contributed by atoms with van der Waals surface area (Å²) in [4.78, 5) is 2.32. The monoisotopic (exact) mass is 232 g/mol. The van der Waals surface area contributed by atoms with Crippen molar-refractivity contribution in [3.63, 3.8) is 0 Å². The lowest BCUT2D eigenvalue weighted by Crippen LogP contribution is -2.32. The second kappa shape index (κ2) is 11.3. The number of nitrogens with one attached hydrogen (secondary N) is 1. The third-order valence-electron chi connectivity index (χ3n) is 2.43. The van der Waals surface area contributed by atoms with E-state index in [1.807, 2.05) is 7.05 Å². The van der Waals surface area contributed by atoms with Crippen LogP contribution >= 0.6 is 0 Å². The van der Waals surface area contributed by atoms with E-state index >= 15 is 0 Å². The molecule has 0 amide bonds. The first-order valence-corrected chi connectivity index (χ1v) is 6.10. The summed E-state index contributed by atoms with van der Waals surface area (Å²) in [7, 11) is 5.86. The zero-order valence-electron chi connectivity index (χ0n) is 11.3. The Morgan fingerprint density at radius 3 is 2.62 bits per heavy atom. The number of rotatable bonds is 11. The van der Waals surface area contributed by atoms with E-state index in [9.17, 15) is 0 Å². The minimum atomic E-state index is 0.684. The number of nitrogens with zero attached hydrogens (tertiary/aromatic N) is 1. The van der Waals surface area contributed by atoms with Crippen molar-refractivity contribution < 1.29 is 9.47 Å². The first-order valence-electron chi connectivity index (χ1n) is 6.10. The molecule has 0 spiro atoms. The van der Waals surface area contributed by atoms with E-state index < -0.39 is 0 Å². The molecule has 0 radical (unpaired) electrons. The maximum Gasteiger partial charge on any atom is 0.0593 e. The van der Waals surface area contributed by atoms with Gasteiger partial charge < -0.3 is 19.7 Å². The Balaban J connectivity index is 3.26. The molecule has 16 heavy (non-hydrogen) atoms. The number of methoxy groups -OCH3 is 1. The number of hydrogen-bond donors (Lipinski definition) is 1. The van der Waals surface area contributed by atoms with Crippen LogP contribution in [0, 0.1) is 5.92 Å². The van der Waals surface area contributed by atoms with Crippen molar-refractivity contribution in [3.05, 3.63) is 0 Å². The molecule has 0 rings (SSSR count). The molecular formula is C12H28N2O2. The van der Waals surface area contributed by atoms with Gasteiger partial charge in [-0.3, -0.25) is 0 Å². The highest BCUT2D eigenvalue weighted by atomic mass is 16.5. The van der Waals surface area contributed by atoms with Crippen molar-refractivity contribution in [2.75, 3.05) is 60.7 Å². The fourth-order valence-electron chi connectivity index (χ4n) is 1.66. The summed E-state index contributed by atoms with van der Waals surface area (Å²) in [5, 5.41) is 3.19. The minimum absolute atomic E-state index is 0.684. The van der Waals surface area contributed by atoms with Gasteiger partial charge in [-0.05, 0) is 33.0 Å². The van der Waals surface area contributed by atoms with Crippen molar-refractivity contribution >= 4 is 0 Å². The lowest BCUT2D eigenvalue weighted by Gasteiger charge is -2.20. The van der Waals surface area contributed by atoms with Gasteiger partial charge in [0, 0.05) is 33.4 Å². The zero-order chi connectivity index (χ0) is 12.2. The number of likely N-dealkylation sites (N-methyl/N-ethyl adjacent to an activating group) is 1. The molecule has 0 aromatic carbocycles. The average Bonchev–Trinajstić information content (AvgIpc) is 2.23. The third kappa shape index (κ3) is 10.4. The molecule has 0 aliphatic heterocycles. The van der Waals surface area contributed by atoms with Crippen LogP contribution in [0.2, 0.25) is 0 Å². The minimum Gasteiger partial charge on any atom is -0.385 e. The smallest absolute Gasteiger partial charge is 0.0593 e. The van der Waals surface area contributed by atoms with E-state index in [0.717, 1.165) is 45.9 Å². The molecule has 0 fully saturated rings. The van der Waals surface area contributed by atoms with Crippen LogP contribution in [0.3, 0.4) is 0 Å². The van der Waals surface area contributed by atoms with Gasteiger partial charge in [0.15, 0.2) is 0 Å². The molecule has 0 aliphatic rings. The number of hydrogen-bond acceptors (Lipinski definition) is 4. The predicted molar refractivity (Wildman–Crippen MR) is 67.9 cm³/mol. The quantitative estimate of drug-likeness (QED) is 0.535. The highest BCUT2D eigenvalue weighted by molar-refractivity contribution is 4.60. The first-order chi connectivity index (χ1) is 7.70. The highest BCUT2D eigenvalue weighted by Gasteiger charge is 2.04. The fourth-order valence-corrected chi connectivity index (χ4v) is 1.66. The Bertz CT molecular complexity index is 145. The molecule has 0 bridgehead atoms. The van der Waals surface area contributed by atoms with Crippen LogP contribution in [0.15, 0.2) is 0 Å². The van der Waals surface area contributed by atoms with Gasteiger partial charge in [0.05, 0.1) is 6.61 Å². The fraction of sp³-hybridized carbons (Fsp3) is 1.00. The summed E-state index contributed by atoms with van der Waals surface area (Å²) in [6.07, 6.45) is 0.983. The highest BCUT2D eigenvalue weighted by Crippen LogP contribution is 1.96. The molecule has 0 aromatic rings. The standard InChI is InChI=1S/C12H28N2O2/c1-12(10-13-2)11-14(3)6-9-16-8-5-7-15-4/h12-13H,5-11H2,1-4H3. The second-order valence-corrected chi connectivity index (χ2v) is 4.38. The largest absolute Gasteiger partial charge is 0.385 e. The molecule has 0 saturated carbocycles. The predicted octanol–water partition coefficient (Wildman–Crippen LogP) is 0.827. The van der Waals surface area contributed by atoms with Gasteiger partial charge >= 0.3 is 0 Å². The third-order valence-corrected chi connectivity index (χ3v) is 2.43. The van der Waals surface area contributed by atoms with Crippen LogP contribution in [-0.4, -0.2) is 65.6 Å². The molecular weight excluding hydrogens is 204 g/mol. The van der Waals surface area contributed by atoms with Crippen LogP contribution in [0.1, 0.15) is 13.3 Å². The summed E-state index contributed by atoms with van der Waals surface area (Å²) >= 11 is 0. The van der Waals surface area contributed by atoms with E-state index in [-0.39, 0.29) is 0 Å². The SMILES string of the molecule is CNCC(C)CN(C)CCOCCCOC. The maximum absolute atomic E-state index is 5.51. The molecule has 1 atom stereocenters. The molecule has 4 heteroatoms. The summed E-state index contributed by atoms with van der Waals surface area (Å²) in [6.45, 7) is 7.84. The van der Waals surface area contributed by atoms with Crippen molar-refractivity contribution in [1.29, 1.82) is 0 Å². The van der Waals surface area contributed by atoms with E-state index in [4.69, 9.17) is 9.47 Å². The lowest BCUT2D eigenvalue weighted by molar-refractivity contribution is 0.0864. The Morgan fingerprint density at radius 1 is 1.25 bits per heavy atom. The van der Waals surface area contributed by atoms with Gasteiger partial charge in [-0.25, -0.2) is 0 Å².